The van der Waals surface area contributed by atoms with Crippen molar-refractivity contribution in [3.8, 4) is 6.07 Å². The molecule has 2 aromatic carbocycles. The maximum Gasteiger partial charge on any atom is 0.269 e. The highest BCUT2D eigenvalue weighted by atomic mass is 32.2. The standard InChI is InChI=1S/C23H22N4O3S/c24-13-16-5-6-21-20(12-16)18(14-25-21)11-17-7-8-26(15-17)9-10-27-23(28)19-3-1-2-4-22(19)31(27,29)30/h1-6,12,14,17,25H,7-11,15H2. The van der Waals surface area contributed by atoms with Crippen molar-refractivity contribution >= 4 is 26.8 Å². The highest BCUT2D eigenvalue weighted by Crippen LogP contribution is 2.30. The Morgan fingerprint density at radius 3 is 2.81 bits per heavy atom. The number of sulfonamides is 1. The number of rotatable bonds is 5. The van der Waals surface area contributed by atoms with Gasteiger partial charge in [0.1, 0.15) is 4.90 Å². The molecule has 1 unspecified atom stereocenters. The molecule has 0 spiro atoms. The minimum absolute atomic E-state index is 0.107. The molecule has 1 amide bonds. The summed E-state index contributed by atoms with van der Waals surface area (Å²) in [5.74, 6) is 0.0197. The summed E-state index contributed by atoms with van der Waals surface area (Å²) in [4.78, 5) is 18.2. The van der Waals surface area contributed by atoms with Gasteiger partial charge in [0.05, 0.1) is 23.7 Å². The molecule has 7 nitrogen and oxygen atoms in total. The number of amides is 1. The molecule has 5 rings (SSSR count). The van der Waals surface area contributed by atoms with Crippen molar-refractivity contribution in [1.82, 2.24) is 14.2 Å². The van der Waals surface area contributed by atoms with Crippen LogP contribution in [0, 0.1) is 17.2 Å². The van der Waals surface area contributed by atoms with Crippen LogP contribution in [0.15, 0.2) is 53.6 Å². The van der Waals surface area contributed by atoms with Gasteiger partial charge in [-0.05, 0) is 61.2 Å². The van der Waals surface area contributed by atoms with Crippen molar-refractivity contribution in [2.45, 2.75) is 17.7 Å². The maximum absolute atomic E-state index is 12.7. The molecule has 0 saturated carbocycles. The second kappa shape index (κ2) is 7.52. The van der Waals surface area contributed by atoms with Crippen LogP contribution in [0.5, 0.6) is 0 Å². The van der Waals surface area contributed by atoms with Gasteiger partial charge in [-0.2, -0.15) is 5.26 Å². The first-order valence-corrected chi connectivity index (χ1v) is 11.8. The monoisotopic (exact) mass is 434 g/mol. The van der Waals surface area contributed by atoms with E-state index < -0.39 is 15.9 Å². The summed E-state index contributed by atoms with van der Waals surface area (Å²) in [5.41, 5.74) is 3.14. The van der Waals surface area contributed by atoms with Gasteiger partial charge >= 0.3 is 0 Å². The number of aromatic nitrogens is 1. The van der Waals surface area contributed by atoms with Crippen molar-refractivity contribution < 1.29 is 13.2 Å². The molecule has 158 valence electrons. The summed E-state index contributed by atoms with van der Waals surface area (Å²) in [5, 5.41) is 10.3. The number of nitrogens with one attached hydrogen (secondary N) is 1. The predicted octanol–water partition coefficient (Wildman–Crippen LogP) is 2.75. The predicted molar refractivity (Wildman–Crippen MR) is 116 cm³/mol. The van der Waals surface area contributed by atoms with Gasteiger partial charge in [-0.15, -0.1) is 0 Å². The Kier molecular flexibility index (Phi) is 4.80. The van der Waals surface area contributed by atoms with Crippen LogP contribution in [-0.2, 0) is 16.4 Å². The maximum atomic E-state index is 12.7. The van der Waals surface area contributed by atoms with Crippen molar-refractivity contribution in [1.29, 1.82) is 5.26 Å². The number of likely N-dealkylation sites (tertiary alicyclic amines) is 1. The van der Waals surface area contributed by atoms with Crippen LogP contribution < -0.4 is 0 Å². The first-order valence-electron chi connectivity index (χ1n) is 10.4. The molecule has 8 heteroatoms. The molecule has 1 saturated heterocycles. The first kappa shape index (κ1) is 19.8. The van der Waals surface area contributed by atoms with Crippen molar-refractivity contribution in [2.24, 2.45) is 5.92 Å². The van der Waals surface area contributed by atoms with Crippen LogP contribution in [0.25, 0.3) is 10.9 Å². The number of nitrogens with zero attached hydrogens (tertiary/aromatic N) is 3. The lowest BCUT2D eigenvalue weighted by Crippen LogP contribution is -2.37. The summed E-state index contributed by atoms with van der Waals surface area (Å²) in [6.45, 7) is 2.44. The Balaban J connectivity index is 1.23. The fourth-order valence-corrected chi connectivity index (χ4v) is 6.25. The molecule has 1 aromatic heterocycles. The lowest BCUT2D eigenvalue weighted by atomic mass is 9.98. The number of carbonyl (C=O) groups is 1. The van der Waals surface area contributed by atoms with Gasteiger partial charge in [0.15, 0.2) is 0 Å². The van der Waals surface area contributed by atoms with E-state index in [-0.39, 0.29) is 17.0 Å². The van der Waals surface area contributed by atoms with Crippen LogP contribution >= 0.6 is 0 Å². The zero-order chi connectivity index (χ0) is 21.6. The minimum atomic E-state index is -3.75. The summed E-state index contributed by atoms with van der Waals surface area (Å²) >= 11 is 0. The van der Waals surface area contributed by atoms with E-state index in [9.17, 15) is 13.2 Å². The van der Waals surface area contributed by atoms with E-state index in [4.69, 9.17) is 5.26 Å². The number of carbonyl (C=O) groups excluding carboxylic acids is 1. The molecule has 3 heterocycles. The zero-order valence-electron chi connectivity index (χ0n) is 16.9. The highest BCUT2D eigenvalue weighted by Gasteiger charge is 2.40. The Hall–Kier alpha value is -3.15. The van der Waals surface area contributed by atoms with Crippen molar-refractivity contribution in [3.63, 3.8) is 0 Å². The molecule has 2 aliphatic rings. The molecule has 1 fully saturated rings. The van der Waals surface area contributed by atoms with Gasteiger partial charge in [0.2, 0.25) is 0 Å². The number of aromatic amines is 1. The second-order valence-corrected chi connectivity index (χ2v) is 10.1. The van der Waals surface area contributed by atoms with E-state index in [2.05, 4.69) is 16.0 Å². The largest absolute Gasteiger partial charge is 0.361 e. The number of benzene rings is 2. The van der Waals surface area contributed by atoms with E-state index in [0.29, 0.717) is 18.0 Å². The summed E-state index contributed by atoms with van der Waals surface area (Å²) < 4.78 is 26.4. The lowest BCUT2D eigenvalue weighted by molar-refractivity contribution is 0.0862. The van der Waals surface area contributed by atoms with E-state index >= 15 is 0 Å². The average molecular weight is 435 g/mol. The zero-order valence-corrected chi connectivity index (χ0v) is 17.7. The topological polar surface area (TPSA) is 97.3 Å². The van der Waals surface area contributed by atoms with Crippen LogP contribution in [0.3, 0.4) is 0 Å². The summed E-state index contributed by atoms with van der Waals surface area (Å²) in [6, 6.07) is 14.3. The van der Waals surface area contributed by atoms with E-state index in [1.165, 1.54) is 11.6 Å². The van der Waals surface area contributed by atoms with E-state index in [1.807, 2.05) is 24.4 Å². The number of hydrogen-bond donors (Lipinski definition) is 1. The van der Waals surface area contributed by atoms with Crippen LogP contribution in [-0.4, -0.2) is 54.7 Å². The third-order valence-electron chi connectivity index (χ3n) is 6.31. The number of fused-ring (bicyclic) bond motifs is 2. The normalized spacial score (nSPS) is 20.3. The molecule has 1 atom stereocenters. The number of hydrogen-bond acceptors (Lipinski definition) is 5. The van der Waals surface area contributed by atoms with E-state index in [1.54, 1.807) is 18.2 Å². The average Bonchev–Trinajstić information content (AvgIpc) is 3.44. The molecule has 1 N–H and O–H groups in total. The molecule has 2 aliphatic heterocycles. The molecule has 31 heavy (non-hydrogen) atoms. The smallest absolute Gasteiger partial charge is 0.269 e. The second-order valence-electron chi connectivity index (χ2n) is 8.22. The van der Waals surface area contributed by atoms with Crippen LogP contribution in [0.1, 0.15) is 27.9 Å². The fourth-order valence-electron chi connectivity index (χ4n) is 4.69. The van der Waals surface area contributed by atoms with Gasteiger partial charge in [0.25, 0.3) is 15.9 Å². The molecule has 0 bridgehead atoms. The summed E-state index contributed by atoms with van der Waals surface area (Å²) in [7, 11) is -3.75. The first-order chi connectivity index (χ1) is 15.0. The number of H-pyrrole nitrogens is 1. The lowest BCUT2D eigenvalue weighted by Gasteiger charge is -2.20. The van der Waals surface area contributed by atoms with E-state index in [0.717, 1.165) is 41.1 Å². The minimum Gasteiger partial charge on any atom is -0.361 e. The third-order valence-corrected chi connectivity index (χ3v) is 8.15. The van der Waals surface area contributed by atoms with Gasteiger partial charge in [0, 0.05) is 30.2 Å². The Bertz CT molecular complexity index is 1320. The Morgan fingerprint density at radius 1 is 1.16 bits per heavy atom. The SMILES string of the molecule is N#Cc1ccc2[nH]cc(CC3CCN(CCN4C(=O)c5ccccc5S4(=O)=O)C3)c2c1. The number of nitriles is 1. The quantitative estimate of drug-likeness (QED) is 0.666. The van der Waals surface area contributed by atoms with Crippen molar-refractivity contribution in [3.05, 3.63) is 65.4 Å². The van der Waals surface area contributed by atoms with Crippen LogP contribution in [0.4, 0.5) is 0 Å². The van der Waals surface area contributed by atoms with Crippen LogP contribution in [0.2, 0.25) is 0 Å². The summed E-state index contributed by atoms with van der Waals surface area (Å²) in [6.07, 6.45) is 3.93. The van der Waals surface area contributed by atoms with Gasteiger partial charge in [-0.25, -0.2) is 12.7 Å². The molecule has 3 aromatic rings. The molecule has 0 aliphatic carbocycles. The molecular weight excluding hydrogens is 412 g/mol. The highest BCUT2D eigenvalue weighted by molar-refractivity contribution is 7.90. The Labute approximate surface area is 180 Å². The fraction of sp³-hybridized carbons (Fsp3) is 0.304. The molecular formula is C23H22N4O3S. The van der Waals surface area contributed by atoms with Gasteiger partial charge in [-0.3, -0.25) is 4.79 Å². The third kappa shape index (κ3) is 3.40. The van der Waals surface area contributed by atoms with Crippen molar-refractivity contribution in [2.75, 3.05) is 26.2 Å². The van der Waals surface area contributed by atoms with Gasteiger partial charge < -0.3 is 9.88 Å². The Morgan fingerprint density at radius 2 is 2.00 bits per heavy atom. The van der Waals surface area contributed by atoms with Gasteiger partial charge in [-0.1, -0.05) is 12.1 Å². The molecule has 0 radical (unpaired) electrons.